The van der Waals surface area contributed by atoms with Crippen LogP contribution in [0.1, 0.15) is 5.56 Å². The van der Waals surface area contributed by atoms with Gasteiger partial charge in [-0.05, 0) is 59.8 Å². The summed E-state index contributed by atoms with van der Waals surface area (Å²) >= 11 is 0. The molecule has 1 N–H and O–H groups in total. The van der Waals surface area contributed by atoms with E-state index in [-0.39, 0.29) is 18.3 Å². The zero-order chi connectivity index (χ0) is 18.5. The van der Waals surface area contributed by atoms with E-state index in [1.165, 1.54) is 12.1 Å². The number of rotatable bonds is 6. The number of hydrogen-bond acceptors (Lipinski definition) is 3. The Kier molecular flexibility index (Phi) is 5.49. The minimum absolute atomic E-state index is 0.177. The Hall–Kier alpha value is -2.92. The van der Waals surface area contributed by atoms with Crippen molar-refractivity contribution in [2.45, 2.75) is 6.54 Å². The summed E-state index contributed by atoms with van der Waals surface area (Å²) in [6.45, 7) is 0.857. The molecule has 0 radical (unpaired) electrons. The fourth-order valence-electron chi connectivity index (χ4n) is 2.88. The number of nitrogens with zero attached hydrogens (tertiary/aromatic N) is 1. The van der Waals surface area contributed by atoms with E-state index in [1.807, 2.05) is 42.3 Å². The van der Waals surface area contributed by atoms with E-state index in [9.17, 15) is 9.18 Å². The highest BCUT2D eigenvalue weighted by Crippen LogP contribution is 2.22. The summed E-state index contributed by atoms with van der Waals surface area (Å²) in [7, 11) is 3.53. The van der Waals surface area contributed by atoms with Gasteiger partial charge in [-0.3, -0.25) is 9.69 Å². The third kappa shape index (κ3) is 4.58. The first-order chi connectivity index (χ1) is 12.5. The molecule has 0 aromatic heterocycles. The van der Waals surface area contributed by atoms with Gasteiger partial charge in [-0.2, -0.15) is 0 Å². The van der Waals surface area contributed by atoms with Gasteiger partial charge in [0.1, 0.15) is 11.6 Å². The molecule has 0 saturated heterocycles. The molecule has 0 fully saturated rings. The molecule has 134 valence electrons. The highest BCUT2D eigenvalue weighted by Gasteiger charge is 2.09. The minimum Gasteiger partial charge on any atom is -0.497 e. The molecule has 26 heavy (non-hydrogen) atoms. The number of hydrogen-bond donors (Lipinski definition) is 1. The molecule has 0 unspecified atom stereocenters. The minimum atomic E-state index is -0.371. The molecule has 3 aromatic rings. The summed E-state index contributed by atoms with van der Waals surface area (Å²) in [4.78, 5) is 14.0. The second kappa shape index (κ2) is 7.97. The maximum absolute atomic E-state index is 13.2. The quantitative estimate of drug-likeness (QED) is 0.727. The second-order valence-electron chi connectivity index (χ2n) is 6.28. The standard InChI is InChI=1S/C21H21FN2O2/c1-24(14-21(25)23-19-5-3-4-18(22)12-19)13-15-6-7-17-11-20(26-2)9-8-16(17)10-15/h3-12H,13-14H2,1-2H3,(H,23,25). The lowest BCUT2D eigenvalue weighted by Gasteiger charge is -2.17. The van der Waals surface area contributed by atoms with Crippen LogP contribution in [0, 0.1) is 5.82 Å². The summed E-state index contributed by atoms with van der Waals surface area (Å²) < 4.78 is 18.4. The number of methoxy groups -OCH3 is 1. The number of ether oxygens (including phenoxy) is 1. The van der Waals surface area contributed by atoms with Crippen molar-refractivity contribution >= 4 is 22.4 Å². The third-order valence-corrected chi connectivity index (χ3v) is 4.09. The lowest BCUT2D eigenvalue weighted by Crippen LogP contribution is -2.29. The molecule has 0 bridgehead atoms. The van der Waals surface area contributed by atoms with Crippen molar-refractivity contribution in [3.8, 4) is 5.75 Å². The predicted molar refractivity (Wildman–Crippen MR) is 102 cm³/mol. The number of likely N-dealkylation sites (N-methyl/N-ethyl adjacent to an activating group) is 1. The molecule has 0 aliphatic rings. The first-order valence-electron chi connectivity index (χ1n) is 8.34. The van der Waals surface area contributed by atoms with Gasteiger partial charge in [0.15, 0.2) is 0 Å². The maximum Gasteiger partial charge on any atom is 0.238 e. The van der Waals surface area contributed by atoms with Gasteiger partial charge in [-0.15, -0.1) is 0 Å². The van der Waals surface area contributed by atoms with Gasteiger partial charge in [0.05, 0.1) is 13.7 Å². The molecule has 0 saturated carbocycles. The van der Waals surface area contributed by atoms with Gasteiger partial charge in [-0.25, -0.2) is 4.39 Å². The van der Waals surface area contributed by atoms with Gasteiger partial charge in [0.2, 0.25) is 5.91 Å². The first-order valence-corrected chi connectivity index (χ1v) is 8.34. The van der Waals surface area contributed by atoms with Crippen molar-refractivity contribution in [3.63, 3.8) is 0 Å². The van der Waals surface area contributed by atoms with Crippen molar-refractivity contribution in [2.75, 3.05) is 26.0 Å². The summed E-state index contributed by atoms with van der Waals surface area (Å²) in [5.74, 6) is 0.281. The van der Waals surface area contributed by atoms with Crippen molar-refractivity contribution in [1.82, 2.24) is 4.90 Å². The Morgan fingerprint density at radius 2 is 1.85 bits per heavy atom. The molecule has 0 atom stereocenters. The molecule has 3 aromatic carbocycles. The summed E-state index contributed by atoms with van der Waals surface area (Å²) in [5.41, 5.74) is 1.58. The average molecular weight is 352 g/mol. The molecule has 0 aliphatic carbocycles. The molecule has 5 heteroatoms. The Bertz CT molecular complexity index is 927. The van der Waals surface area contributed by atoms with Crippen LogP contribution in [0.5, 0.6) is 5.75 Å². The lowest BCUT2D eigenvalue weighted by atomic mass is 10.1. The van der Waals surface area contributed by atoms with Crippen LogP contribution in [0.2, 0.25) is 0 Å². The van der Waals surface area contributed by atoms with E-state index in [4.69, 9.17) is 4.74 Å². The van der Waals surface area contributed by atoms with Crippen LogP contribution in [0.15, 0.2) is 60.7 Å². The zero-order valence-corrected chi connectivity index (χ0v) is 14.8. The van der Waals surface area contributed by atoms with Gasteiger partial charge in [0, 0.05) is 12.2 Å². The Morgan fingerprint density at radius 1 is 1.08 bits per heavy atom. The van der Waals surface area contributed by atoms with Gasteiger partial charge in [0.25, 0.3) is 0 Å². The first kappa shape index (κ1) is 17.9. The number of anilines is 1. The molecule has 3 rings (SSSR count). The van der Waals surface area contributed by atoms with E-state index < -0.39 is 0 Å². The molecular formula is C21H21FN2O2. The van der Waals surface area contributed by atoms with Gasteiger partial charge in [-0.1, -0.05) is 24.3 Å². The van der Waals surface area contributed by atoms with Crippen molar-refractivity contribution in [3.05, 3.63) is 72.0 Å². The van der Waals surface area contributed by atoms with Crippen molar-refractivity contribution in [2.24, 2.45) is 0 Å². The number of amides is 1. The lowest BCUT2D eigenvalue weighted by molar-refractivity contribution is -0.117. The smallest absolute Gasteiger partial charge is 0.238 e. The van der Waals surface area contributed by atoms with Crippen LogP contribution >= 0.6 is 0 Å². The van der Waals surface area contributed by atoms with Crippen LogP contribution in [0.4, 0.5) is 10.1 Å². The van der Waals surface area contributed by atoms with E-state index >= 15 is 0 Å². The average Bonchev–Trinajstić information content (AvgIpc) is 2.61. The highest BCUT2D eigenvalue weighted by atomic mass is 19.1. The summed E-state index contributed by atoms with van der Waals surface area (Å²) in [5, 5.41) is 4.94. The molecule has 0 aliphatic heterocycles. The fourth-order valence-corrected chi connectivity index (χ4v) is 2.88. The SMILES string of the molecule is COc1ccc2cc(CN(C)CC(=O)Nc3cccc(F)c3)ccc2c1. The van der Waals surface area contributed by atoms with E-state index in [0.29, 0.717) is 12.2 Å². The van der Waals surface area contributed by atoms with E-state index in [2.05, 4.69) is 11.4 Å². The second-order valence-corrected chi connectivity index (χ2v) is 6.28. The molecule has 0 spiro atoms. The van der Waals surface area contributed by atoms with E-state index in [1.54, 1.807) is 19.2 Å². The largest absolute Gasteiger partial charge is 0.497 e. The monoisotopic (exact) mass is 352 g/mol. The zero-order valence-electron chi connectivity index (χ0n) is 14.8. The number of fused-ring (bicyclic) bond motifs is 1. The van der Waals surface area contributed by atoms with Crippen molar-refractivity contribution < 1.29 is 13.9 Å². The van der Waals surface area contributed by atoms with Crippen LogP contribution < -0.4 is 10.1 Å². The number of benzene rings is 3. The number of halogens is 1. The molecule has 4 nitrogen and oxygen atoms in total. The van der Waals surface area contributed by atoms with Gasteiger partial charge >= 0.3 is 0 Å². The normalized spacial score (nSPS) is 10.9. The summed E-state index contributed by atoms with van der Waals surface area (Å²) in [6, 6.07) is 18.0. The van der Waals surface area contributed by atoms with E-state index in [0.717, 1.165) is 22.1 Å². The van der Waals surface area contributed by atoms with Crippen molar-refractivity contribution in [1.29, 1.82) is 0 Å². The number of carbonyl (C=O) groups excluding carboxylic acids is 1. The molecule has 1 amide bonds. The Labute approximate surface area is 152 Å². The Balaban J connectivity index is 1.61. The number of nitrogens with one attached hydrogen (secondary N) is 1. The van der Waals surface area contributed by atoms with Gasteiger partial charge < -0.3 is 10.1 Å². The molecule has 0 heterocycles. The van der Waals surface area contributed by atoms with Crippen LogP contribution in [-0.4, -0.2) is 31.5 Å². The Morgan fingerprint density at radius 3 is 2.62 bits per heavy atom. The third-order valence-electron chi connectivity index (χ3n) is 4.09. The van der Waals surface area contributed by atoms with Crippen LogP contribution in [0.25, 0.3) is 10.8 Å². The molecular weight excluding hydrogens is 331 g/mol. The summed E-state index contributed by atoms with van der Waals surface area (Å²) in [6.07, 6.45) is 0. The number of carbonyl (C=O) groups is 1. The fraction of sp³-hybridized carbons (Fsp3) is 0.190. The van der Waals surface area contributed by atoms with Crippen LogP contribution in [0.3, 0.4) is 0 Å². The predicted octanol–water partition coefficient (Wildman–Crippen LogP) is 4.06. The highest BCUT2D eigenvalue weighted by molar-refractivity contribution is 5.92. The topological polar surface area (TPSA) is 41.6 Å². The maximum atomic E-state index is 13.2. The van der Waals surface area contributed by atoms with Crippen LogP contribution in [-0.2, 0) is 11.3 Å².